The van der Waals surface area contributed by atoms with E-state index in [9.17, 15) is 9.18 Å². The first-order chi connectivity index (χ1) is 12.0. The lowest BCUT2D eigenvalue weighted by Gasteiger charge is -2.06. The number of aryl methyl sites for hydroxylation is 2. The number of pyridine rings is 1. The van der Waals surface area contributed by atoms with Gasteiger partial charge in [0, 0.05) is 24.2 Å². The molecule has 0 bridgehead atoms. The van der Waals surface area contributed by atoms with Crippen LogP contribution in [-0.4, -0.2) is 14.7 Å². The van der Waals surface area contributed by atoms with Crippen molar-refractivity contribution in [1.29, 1.82) is 0 Å². The van der Waals surface area contributed by atoms with E-state index in [0.29, 0.717) is 11.3 Å². The van der Waals surface area contributed by atoms with Gasteiger partial charge in [-0.15, -0.1) is 0 Å². The molecular weight excluding hydrogens is 321 g/mol. The number of halogens is 1. The van der Waals surface area contributed by atoms with Crippen molar-refractivity contribution in [3.05, 3.63) is 70.3 Å². The molecule has 2 aromatic heterocycles. The monoisotopic (exact) mass is 335 g/mol. The molecular formula is C19H14FN3O2. The van der Waals surface area contributed by atoms with Gasteiger partial charge in [-0.3, -0.25) is 4.79 Å². The van der Waals surface area contributed by atoms with Gasteiger partial charge in [0.1, 0.15) is 11.4 Å². The van der Waals surface area contributed by atoms with Crippen molar-refractivity contribution in [2.45, 2.75) is 6.92 Å². The average molecular weight is 335 g/mol. The van der Waals surface area contributed by atoms with E-state index >= 15 is 0 Å². The zero-order chi connectivity index (χ0) is 17.6. The fourth-order valence-electron chi connectivity index (χ4n) is 2.85. The fraction of sp³-hybridized carbons (Fsp3) is 0.105. The van der Waals surface area contributed by atoms with E-state index < -0.39 is 5.82 Å². The molecule has 4 aromatic rings. The Morgan fingerprint density at radius 2 is 2.00 bits per heavy atom. The van der Waals surface area contributed by atoms with E-state index in [2.05, 4.69) is 10.1 Å². The maximum Gasteiger partial charge on any atom is 0.263 e. The molecule has 0 amide bonds. The Morgan fingerprint density at radius 1 is 1.16 bits per heavy atom. The van der Waals surface area contributed by atoms with E-state index in [1.165, 1.54) is 12.1 Å². The van der Waals surface area contributed by atoms with Crippen LogP contribution < -0.4 is 5.43 Å². The summed E-state index contributed by atoms with van der Waals surface area (Å²) in [4.78, 5) is 17.1. The van der Waals surface area contributed by atoms with Crippen LogP contribution in [0.5, 0.6) is 0 Å². The Kier molecular flexibility index (Phi) is 3.46. The number of rotatable bonds is 2. The summed E-state index contributed by atoms with van der Waals surface area (Å²) in [5, 5.41) is 4.24. The van der Waals surface area contributed by atoms with Gasteiger partial charge in [-0.1, -0.05) is 28.9 Å². The molecule has 0 aliphatic heterocycles. The van der Waals surface area contributed by atoms with Crippen LogP contribution in [-0.2, 0) is 7.05 Å². The van der Waals surface area contributed by atoms with Crippen LogP contribution in [0, 0.1) is 12.7 Å². The maximum atomic E-state index is 13.5. The first-order valence-corrected chi connectivity index (χ1v) is 7.73. The number of nitrogens with zero attached hydrogens (tertiary/aromatic N) is 3. The summed E-state index contributed by atoms with van der Waals surface area (Å²) in [7, 11) is 1.78. The summed E-state index contributed by atoms with van der Waals surface area (Å²) in [5.74, 6) is 0.0519. The molecule has 2 aromatic carbocycles. The summed E-state index contributed by atoms with van der Waals surface area (Å²) in [5.41, 5.74) is 2.41. The Labute approximate surface area is 142 Å². The normalized spacial score (nSPS) is 11.2. The third-order valence-corrected chi connectivity index (χ3v) is 4.08. The van der Waals surface area contributed by atoms with Gasteiger partial charge in [-0.05, 0) is 31.2 Å². The summed E-state index contributed by atoms with van der Waals surface area (Å²) in [6.07, 6.45) is 1.62. The van der Waals surface area contributed by atoms with Crippen molar-refractivity contribution in [2.75, 3.05) is 0 Å². The van der Waals surface area contributed by atoms with Crippen LogP contribution in [0.3, 0.4) is 0 Å². The highest BCUT2D eigenvalue weighted by Crippen LogP contribution is 2.23. The molecule has 6 heteroatoms. The Balaban J connectivity index is 1.88. The molecule has 0 aliphatic carbocycles. The van der Waals surface area contributed by atoms with Gasteiger partial charge in [0.25, 0.3) is 5.89 Å². The van der Waals surface area contributed by atoms with Crippen molar-refractivity contribution in [3.8, 4) is 22.8 Å². The second-order valence-electron chi connectivity index (χ2n) is 5.94. The SMILES string of the molecule is Cc1cccc(-c2noc(-c3cn(C)c4ccc(F)cc4c3=O)n2)c1. The molecule has 5 nitrogen and oxygen atoms in total. The van der Waals surface area contributed by atoms with Crippen LogP contribution in [0.15, 0.2) is 58.0 Å². The van der Waals surface area contributed by atoms with Gasteiger partial charge in [0.05, 0.1) is 5.52 Å². The predicted molar refractivity (Wildman–Crippen MR) is 92.6 cm³/mol. The zero-order valence-corrected chi connectivity index (χ0v) is 13.7. The second-order valence-corrected chi connectivity index (χ2v) is 5.94. The van der Waals surface area contributed by atoms with Gasteiger partial charge in [0.15, 0.2) is 0 Å². The molecule has 0 fully saturated rings. The largest absolute Gasteiger partial charge is 0.350 e. The zero-order valence-electron chi connectivity index (χ0n) is 13.7. The summed E-state index contributed by atoms with van der Waals surface area (Å²) in [6, 6.07) is 11.8. The minimum absolute atomic E-state index is 0.114. The van der Waals surface area contributed by atoms with Crippen LogP contribution in [0.25, 0.3) is 33.7 Å². The Morgan fingerprint density at radius 3 is 2.80 bits per heavy atom. The van der Waals surface area contributed by atoms with Gasteiger partial charge in [-0.2, -0.15) is 4.98 Å². The molecule has 0 unspecified atom stereocenters. The Bertz CT molecular complexity index is 1160. The lowest BCUT2D eigenvalue weighted by atomic mass is 10.1. The molecule has 0 spiro atoms. The van der Waals surface area contributed by atoms with Crippen LogP contribution in [0.1, 0.15) is 5.56 Å². The summed E-state index contributed by atoms with van der Waals surface area (Å²) < 4.78 is 20.6. The molecule has 25 heavy (non-hydrogen) atoms. The number of hydrogen-bond donors (Lipinski definition) is 0. The average Bonchev–Trinajstić information content (AvgIpc) is 3.08. The van der Waals surface area contributed by atoms with Crippen molar-refractivity contribution in [3.63, 3.8) is 0 Å². The summed E-state index contributed by atoms with van der Waals surface area (Å²) in [6.45, 7) is 1.97. The molecule has 0 saturated carbocycles. The first kappa shape index (κ1) is 15.3. The second kappa shape index (κ2) is 5.66. The third kappa shape index (κ3) is 2.61. The minimum atomic E-state index is -0.465. The molecule has 124 valence electrons. The molecule has 0 N–H and O–H groups in total. The molecule has 0 aliphatic rings. The first-order valence-electron chi connectivity index (χ1n) is 7.73. The van der Waals surface area contributed by atoms with E-state index in [1.54, 1.807) is 23.9 Å². The van der Waals surface area contributed by atoms with Gasteiger partial charge in [0.2, 0.25) is 11.3 Å². The van der Waals surface area contributed by atoms with E-state index in [4.69, 9.17) is 4.52 Å². The van der Waals surface area contributed by atoms with Gasteiger partial charge < -0.3 is 9.09 Å². The smallest absolute Gasteiger partial charge is 0.263 e. The van der Waals surface area contributed by atoms with Crippen molar-refractivity contribution < 1.29 is 8.91 Å². The van der Waals surface area contributed by atoms with Gasteiger partial charge >= 0.3 is 0 Å². The minimum Gasteiger partial charge on any atom is -0.350 e. The fourth-order valence-corrected chi connectivity index (χ4v) is 2.85. The summed E-state index contributed by atoms with van der Waals surface area (Å²) >= 11 is 0. The molecule has 2 heterocycles. The number of aromatic nitrogens is 3. The van der Waals surface area contributed by atoms with E-state index in [-0.39, 0.29) is 22.3 Å². The van der Waals surface area contributed by atoms with E-state index in [0.717, 1.165) is 11.1 Å². The van der Waals surface area contributed by atoms with Crippen molar-refractivity contribution >= 4 is 10.9 Å². The molecule has 4 rings (SSSR count). The number of hydrogen-bond acceptors (Lipinski definition) is 4. The molecule has 0 saturated heterocycles. The predicted octanol–water partition coefficient (Wildman–Crippen LogP) is 3.70. The highest BCUT2D eigenvalue weighted by atomic mass is 19.1. The lowest BCUT2D eigenvalue weighted by molar-refractivity contribution is 0.432. The van der Waals surface area contributed by atoms with Gasteiger partial charge in [-0.25, -0.2) is 4.39 Å². The molecule has 0 atom stereocenters. The van der Waals surface area contributed by atoms with Crippen molar-refractivity contribution in [2.24, 2.45) is 7.05 Å². The Hall–Kier alpha value is -3.28. The van der Waals surface area contributed by atoms with Crippen molar-refractivity contribution in [1.82, 2.24) is 14.7 Å². The third-order valence-electron chi connectivity index (χ3n) is 4.08. The lowest BCUT2D eigenvalue weighted by Crippen LogP contribution is -2.10. The molecule has 0 radical (unpaired) electrons. The van der Waals surface area contributed by atoms with Crippen LogP contribution in [0.2, 0.25) is 0 Å². The van der Waals surface area contributed by atoms with E-state index in [1.807, 2.05) is 31.2 Å². The van der Waals surface area contributed by atoms with Crippen LogP contribution >= 0.6 is 0 Å². The topological polar surface area (TPSA) is 60.9 Å². The van der Waals surface area contributed by atoms with Crippen LogP contribution in [0.4, 0.5) is 4.39 Å². The number of benzene rings is 2. The highest BCUT2D eigenvalue weighted by Gasteiger charge is 2.17. The number of fused-ring (bicyclic) bond motifs is 1. The standard InChI is InChI=1S/C19H14FN3O2/c1-11-4-3-5-12(8-11)18-21-19(25-22-18)15-10-23(2)16-7-6-13(20)9-14(16)17(15)24/h3-10H,1-2H3. The highest BCUT2D eigenvalue weighted by molar-refractivity contribution is 5.82. The quantitative estimate of drug-likeness (QED) is 0.560. The maximum absolute atomic E-state index is 13.5.